The van der Waals surface area contributed by atoms with Crippen LogP contribution >= 0.6 is 0 Å². The summed E-state index contributed by atoms with van der Waals surface area (Å²) in [6, 6.07) is 0.374. The number of carboxylic acids is 1. The topological polar surface area (TPSA) is 69.6 Å². The van der Waals surface area contributed by atoms with Crippen LogP contribution in [0.1, 0.15) is 32.1 Å². The Morgan fingerprint density at radius 3 is 2.71 bits per heavy atom. The van der Waals surface area contributed by atoms with E-state index >= 15 is 0 Å². The van der Waals surface area contributed by atoms with E-state index < -0.39 is 5.97 Å². The van der Waals surface area contributed by atoms with E-state index in [2.05, 4.69) is 5.32 Å². The molecule has 0 aliphatic carbocycles. The average molecular weight is 240 g/mol. The molecule has 0 aromatic carbocycles. The fourth-order valence-electron chi connectivity index (χ4n) is 2.81. The van der Waals surface area contributed by atoms with Crippen LogP contribution in [-0.4, -0.2) is 47.6 Å². The van der Waals surface area contributed by atoms with Crippen molar-refractivity contribution in [2.24, 2.45) is 5.92 Å². The molecule has 2 rings (SSSR count). The SMILES string of the molecule is O=C(O)CCC1CCN(C2CCNCC2)C1=O. The van der Waals surface area contributed by atoms with Crippen LogP contribution in [0.4, 0.5) is 0 Å². The van der Waals surface area contributed by atoms with Gasteiger partial charge in [0.15, 0.2) is 0 Å². The van der Waals surface area contributed by atoms with Gasteiger partial charge in [0.25, 0.3) is 0 Å². The molecule has 2 aliphatic rings. The van der Waals surface area contributed by atoms with Crippen LogP contribution < -0.4 is 5.32 Å². The predicted molar refractivity (Wildman–Crippen MR) is 62.6 cm³/mol. The average Bonchev–Trinajstić information content (AvgIpc) is 2.69. The molecule has 0 aromatic heterocycles. The molecule has 0 radical (unpaired) electrons. The second-order valence-corrected chi connectivity index (χ2v) is 4.93. The third-order valence-corrected chi connectivity index (χ3v) is 3.81. The monoisotopic (exact) mass is 240 g/mol. The normalized spacial score (nSPS) is 26.5. The van der Waals surface area contributed by atoms with Crippen molar-refractivity contribution < 1.29 is 14.7 Å². The lowest BCUT2D eigenvalue weighted by Gasteiger charge is -2.31. The van der Waals surface area contributed by atoms with Crippen LogP contribution in [0.15, 0.2) is 0 Å². The van der Waals surface area contributed by atoms with E-state index in [0.29, 0.717) is 12.5 Å². The molecule has 2 saturated heterocycles. The number of aliphatic carboxylic acids is 1. The number of likely N-dealkylation sites (tertiary alicyclic amines) is 1. The van der Waals surface area contributed by atoms with E-state index in [4.69, 9.17) is 5.11 Å². The lowest BCUT2D eigenvalue weighted by atomic mass is 10.0. The summed E-state index contributed by atoms with van der Waals surface area (Å²) in [5.74, 6) is -0.683. The van der Waals surface area contributed by atoms with Crippen LogP contribution in [0.2, 0.25) is 0 Å². The van der Waals surface area contributed by atoms with Gasteiger partial charge in [-0.15, -0.1) is 0 Å². The molecule has 2 heterocycles. The summed E-state index contributed by atoms with van der Waals surface area (Å²) >= 11 is 0. The number of nitrogens with zero attached hydrogens (tertiary/aromatic N) is 1. The van der Waals surface area contributed by atoms with Crippen LogP contribution in [-0.2, 0) is 9.59 Å². The molecule has 2 N–H and O–H groups in total. The van der Waals surface area contributed by atoms with E-state index in [-0.39, 0.29) is 18.2 Å². The minimum absolute atomic E-state index is 0.0546. The minimum atomic E-state index is -0.807. The molecule has 1 amide bonds. The smallest absolute Gasteiger partial charge is 0.303 e. The van der Waals surface area contributed by atoms with Gasteiger partial charge in [-0.05, 0) is 38.8 Å². The van der Waals surface area contributed by atoms with Gasteiger partial charge in [0, 0.05) is 24.9 Å². The minimum Gasteiger partial charge on any atom is -0.481 e. The summed E-state index contributed by atoms with van der Waals surface area (Å²) in [7, 11) is 0. The van der Waals surface area contributed by atoms with Crippen LogP contribution in [0.25, 0.3) is 0 Å². The van der Waals surface area contributed by atoms with Crippen LogP contribution in [0.3, 0.4) is 0 Å². The Kier molecular flexibility index (Phi) is 3.99. The molecular formula is C12H20N2O3. The van der Waals surface area contributed by atoms with Gasteiger partial charge < -0.3 is 15.3 Å². The van der Waals surface area contributed by atoms with Crippen molar-refractivity contribution in [3.8, 4) is 0 Å². The molecule has 96 valence electrons. The van der Waals surface area contributed by atoms with Gasteiger partial charge in [-0.3, -0.25) is 9.59 Å². The molecule has 0 saturated carbocycles. The first kappa shape index (κ1) is 12.4. The van der Waals surface area contributed by atoms with Gasteiger partial charge in [0.05, 0.1) is 0 Å². The lowest BCUT2D eigenvalue weighted by molar-refractivity contribution is -0.138. The molecule has 1 atom stereocenters. The number of piperidine rings is 1. The highest BCUT2D eigenvalue weighted by molar-refractivity contribution is 5.81. The number of carboxylic acid groups (broad SMARTS) is 1. The lowest BCUT2D eigenvalue weighted by Crippen LogP contribution is -2.44. The molecule has 2 fully saturated rings. The first-order valence-electron chi connectivity index (χ1n) is 6.41. The van der Waals surface area contributed by atoms with Crippen molar-refractivity contribution in [1.82, 2.24) is 10.2 Å². The number of carbonyl (C=O) groups excluding carboxylic acids is 1. The summed E-state index contributed by atoms with van der Waals surface area (Å²) in [5.41, 5.74) is 0. The third-order valence-electron chi connectivity index (χ3n) is 3.81. The number of carbonyl (C=O) groups is 2. The number of hydrogen-bond donors (Lipinski definition) is 2. The van der Waals surface area contributed by atoms with Crippen molar-refractivity contribution in [2.75, 3.05) is 19.6 Å². The summed E-state index contributed by atoms with van der Waals surface area (Å²) in [4.78, 5) is 24.6. The highest BCUT2D eigenvalue weighted by atomic mass is 16.4. The zero-order chi connectivity index (χ0) is 12.3. The molecule has 17 heavy (non-hydrogen) atoms. The fraction of sp³-hybridized carbons (Fsp3) is 0.833. The van der Waals surface area contributed by atoms with E-state index in [1.165, 1.54) is 0 Å². The molecule has 5 heteroatoms. The van der Waals surface area contributed by atoms with Gasteiger partial charge >= 0.3 is 5.97 Å². The second-order valence-electron chi connectivity index (χ2n) is 4.93. The standard InChI is InChI=1S/C12H20N2O3/c15-11(16)2-1-9-5-8-14(12(9)17)10-3-6-13-7-4-10/h9-10,13H,1-8H2,(H,15,16). The maximum Gasteiger partial charge on any atom is 0.303 e. The van der Waals surface area contributed by atoms with E-state index in [1.807, 2.05) is 4.90 Å². The largest absolute Gasteiger partial charge is 0.481 e. The van der Waals surface area contributed by atoms with Gasteiger partial charge in [0.1, 0.15) is 0 Å². The second kappa shape index (κ2) is 5.49. The molecule has 5 nitrogen and oxygen atoms in total. The zero-order valence-electron chi connectivity index (χ0n) is 10.0. The summed E-state index contributed by atoms with van der Waals surface area (Å²) in [5, 5.41) is 11.9. The summed E-state index contributed by atoms with van der Waals surface area (Å²) in [6.07, 6.45) is 3.48. The molecule has 0 aromatic rings. The van der Waals surface area contributed by atoms with Crippen molar-refractivity contribution in [3.63, 3.8) is 0 Å². The molecule has 2 aliphatic heterocycles. The highest BCUT2D eigenvalue weighted by Gasteiger charge is 2.35. The van der Waals surface area contributed by atoms with Crippen LogP contribution in [0, 0.1) is 5.92 Å². The highest BCUT2D eigenvalue weighted by Crippen LogP contribution is 2.27. The van der Waals surface area contributed by atoms with Gasteiger partial charge in [0.2, 0.25) is 5.91 Å². The summed E-state index contributed by atoms with van der Waals surface area (Å²) in [6.45, 7) is 2.77. The maximum absolute atomic E-state index is 12.1. The Morgan fingerprint density at radius 2 is 2.06 bits per heavy atom. The Morgan fingerprint density at radius 1 is 1.35 bits per heavy atom. The predicted octanol–water partition coefficient (Wildman–Crippen LogP) is 0.452. The van der Waals surface area contributed by atoms with Crippen molar-refractivity contribution in [3.05, 3.63) is 0 Å². The molecular weight excluding hydrogens is 220 g/mol. The van der Waals surface area contributed by atoms with Gasteiger partial charge in [-0.25, -0.2) is 0 Å². The first-order chi connectivity index (χ1) is 8.18. The number of hydrogen-bond acceptors (Lipinski definition) is 3. The van der Waals surface area contributed by atoms with Crippen molar-refractivity contribution >= 4 is 11.9 Å². The Bertz CT molecular complexity index is 300. The third kappa shape index (κ3) is 2.97. The Labute approximate surface area is 101 Å². The number of amides is 1. The van der Waals surface area contributed by atoms with Crippen LogP contribution in [0.5, 0.6) is 0 Å². The van der Waals surface area contributed by atoms with Crippen molar-refractivity contribution in [1.29, 1.82) is 0 Å². The fourth-order valence-corrected chi connectivity index (χ4v) is 2.81. The number of rotatable bonds is 4. The van der Waals surface area contributed by atoms with Gasteiger partial charge in [-0.2, -0.15) is 0 Å². The first-order valence-corrected chi connectivity index (χ1v) is 6.41. The Balaban J connectivity index is 1.85. The number of nitrogens with one attached hydrogen (secondary N) is 1. The quantitative estimate of drug-likeness (QED) is 0.748. The maximum atomic E-state index is 12.1. The summed E-state index contributed by atoms with van der Waals surface area (Å²) < 4.78 is 0. The van der Waals surface area contributed by atoms with Crippen molar-refractivity contribution in [2.45, 2.75) is 38.1 Å². The van der Waals surface area contributed by atoms with E-state index in [0.717, 1.165) is 38.9 Å². The van der Waals surface area contributed by atoms with E-state index in [9.17, 15) is 9.59 Å². The Hall–Kier alpha value is -1.10. The molecule has 0 bridgehead atoms. The molecule has 1 unspecified atom stereocenters. The van der Waals surface area contributed by atoms with Gasteiger partial charge in [-0.1, -0.05) is 0 Å². The molecule has 0 spiro atoms. The van der Waals surface area contributed by atoms with E-state index in [1.54, 1.807) is 0 Å². The zero-order valence-corrected chi connectivity index (χ0v) is 10.0.